The van der Waals surface area contributed by atoms with Crippen molar-refractivity contribution in [1.29, 1.82) is 5.26 Å². The molecule has 0 bridgehead atoms. The summed E-state index contributed by atoms with van der Waals surface area (Å²) in [6, 6.07) is 4.15. The minimum Gasteiger partial charge on any atom is -0.444 e. The van der Waals surface area contributed by atoms with Crippen LogP contribution in [0.25, 0.3) is 0 Å². The number of piperidine rings is 1. The molecular weight excluding hydrogens is 256 g/mol. The van der Waals surface area contributed by atoms with Crippen LogP contribution < -0.4 is 0 Å². The number of hydrogen-bond acceptors (Lipinski definition) is 4. The van der Waals surface area contributed by atoms with E-state index in [-0.39, 0.29) is 6.09 Å². The number of rotatable bonds is 1. The van der Waals surface area contributed by atoms with Crippen LogP contribution in [0.1, 0.15) is 33.6 Å². The van der Waals surface area contributed by atoms with Crippen LogP contribution in [-0.2, 0) is 10.3 Å². The molecule has 20 heavy (non-hydrogen) atoms. The number of likely N-dealkylation sites (tertiary alicyclic amines) is 1. The molecule has 2 heterocycles. The Morgan fingerprint density at radius 2 is 2.05 bits per heavy atom. The highest BCUT2D eigenvalue weighted by molar-refractivity contribution is 5.68. The Balaban J connectivity index is 2.02. The molecule has 0 spiro atoms. The summed E-state index contributed by atoms with van der Waals surface area (Å²) in [5, 5.41) is 13.7. The van der Waals surface area contributed by atoms with Gasteiger partial charge in [-0.3, -0.25) is 4.68 Å². The molecule has 0 N–H and O–H groups in total. The summed E-state index contributed by atoms with van der Waals surface area (Å²) in [5.41, 5.74) is -1.15. The minimum absolute atomic E-state index is 0.315. The van der Waals surface area contributed by atoms with E-state index in [9.17, 15) is 10.1 Å². The topological polar surface area (TPSA) is 71.2 Å². The molecule has 1 aromatic heterocycles. The van der Waals surface area contributed by atoms with E-state index >= 15 is 0 Å². The van der Waals surface area contributed by atoms with Crippen molar-refractivity contribution in [1.82, 2.24) is 14.7 Å². The molecule has 0 unspecified atom stereocenters. The molecule has 1 saturated heterocycles. The van der Waals surface area contributed by atoms with E-state index in [2.05, 4.69) is 11.2 Å². The van der Waals surface area contributed by atoms with Crippen LogP contribution in [0, 0.1) is 11.3 Å². The monoisotopic (exact) mass is 276 g/mol. The molecule has 0 atom stereocenters. The molecule has 6 nitrogen and oxygen atoms in total. The smallest absolute Gasteiger partial charge is 0.410 e. The summed E-state index contributed by atoms with van der Waals surface area (Å²) in [4.78, 5) is 13.7. The lowest BCUT2D eigenvalue weighted by atomic mass is 9.89. The van der Waals surface area contributed by atoms with Crippen molar-refractivity contribution in [2.45, 2.75) is 44.8 Å². The molecule has 1 aliphatic rings. The first-order valence-electron chi connectivity index (χ1n) is 6.76. The highest BCUT2D eigenvalue weighted by Gasteiger charge is 2.39. The fraction of sp³-hybridized carbons (Fsp3) is 0.643. The maximum absolute atomic E-state index is 12.0. The standard InChI is InChI=1S/C14H20N4O2/c1-13(2,3)20-12(19)17-9-5-14(11-15,6-10-17)18-8-4-7-16-18/h4,7-8H,5-6,9-10H2,1-3H3. The second-order valence-electron chi connectivity index (χ2n) is 6.06. The lowest BCUT2D eigenvalue weighted by Gasteiger charge is -2.37. The van der Waals surface area contributed by atoms with Crippen molar-refractivity contribution in [2.75, 3.05) is 13.1 Å². The van der Waals surface area contributed by atoms with E-state index in [1.807, 2.05) is 20.8 Å². The molecule has 1 amide bonds. The third-order valence-corrected chi connectivity index (χ3v) is 3.39. The fourth-order valence-corrected chi connectivity index (χ4v) is 2.30. The molecule has 0 aromatic carbocycles. The molecule has 2 rings (SSSR count). The van der Waals surface area contributed by atoms with Crippen molar-refractivity contribution in [3.63, 3.8) is 0 Å². The van der Waals surface area contributed by atoms with Gasteiger partial charge in [0.05, 0.1) is 6.07 Å². The van der Waals surface area contributed by atoms with E-state index in [0.717, 1.165) is 0 Å². The van der Waals surface area contributed by atoms with Gasteiger partial charge in [-0.05, 0) is 26.8 Å². The Labute approximate surface area is 118 Å². The predicted molar refractivity (Wildman–Crippen MR) is 72.9 cm³/mol. The molecule has 108 valence electrons. The van der Waals surface area contributed by atoms with Gasteiger partial charge in [-0.2, -0.15) is 10.4 Å². The first-order chi connectivity index (χ1) is 9.36. The Hall–Kier alpha value is -2.03. The lowest BCUT2D eigenvalue weighted by molar-refractivity contribution is 0.0149. The van der Waals surface area contributed by atoms with Crippen LogP contribution in [0.2, 0.25) is 0 Å². The molecule has 0 aliphatic carbocycles. The van der Waals surface area contributed by atoms with Gasteiger partial charge in [-0.1, -0.05) is 0 Å². The molecule has 1 aliphatic heterocycles. The number of carbonyl (C=O) groups excluding carboxylic acids is 1. The van der Waals surface area contributed by atoms with Gasteiger partial charge in [-0.25, -0.2) is 4.79 Å². The zero-order chi connectivity index (χ0) is 14.8. The molecule has 6 heteroatoms. The van der Waals surface area contributed by atoms with Crippen molar-refractivity contribution in [3.05, 3.63) is 18.5 Å². The van der Waals surface area contributed by atoms with E-state index in [1.165, 1.54) is 0 Å². The summed E-state index contributed by atoms with van der Waals surface area (Å²) in [5.74, 6) is 0. The number of nitriles is 1. The van der Waals surface area contributed by atoms with Gasteiger partial charge in [0, 0.05) is 38.3 Å². The third kappa shape index (κ3) is 2.93. The van der Waals surface area contributed by atoms with E-state index < -0.39 is 11.1 Å². The Kier molecular flexibility index (Phi) is 3.71. The summed E-state index contributed by atoms with van der Waals surface area (Å²) in [7, 11) is 0. The van der Waals surface area contributed by atoms with Crippen molar-refractivity contribution >= 4 is 6.09 Å². The van der Waals surface area contributed by atoms with Crippen molar-refractivity contribution in [3.8, 4) is 6.07 Å². The maximum Gasteiger partial charge on any atom is 0.410 e. The molecule has 1 fully saturated rings. The molecular formula is C14H20N4O2. The molecule has 0 radical (unpaired) electrons. The second kappa shape index (κ2) is 5.16. The van der Waals surface area contributed by atoms with Crippen LogP contribution in [-0.4, -0.2) is 39.5 Å². The number of amides is 1. The van der Waals surface area contributed by atoms with Crippen LogP contribution in [0.15, 0.2) is 18.5 Å². The van der Waals surface area contributed by atoms with Crippen molar-refractivity contribution in [2.24, 2.45) is 0 Å². The second-order valence-corrected chi connectivity index (χ2v) is 6.06. The zero-order valence-corrected chi connectivity index (χ0v) is 12.2. The van der Waals surface area contributed by atoms with E-state index in [1.54, 1.807) is 28.0 Å². The summed E-state index contributed by atoms with van der Waals surface area (Å²) >= 11 is 0. The summed E-state index contributed by atoms with van der Waals surface area (Å²) in [6.07, 6.45) is 4.27. The first kappa shape index (κ1) is 14.4. The van der Waals surface area contributed by atoms with Crippen LogP contribution >= 0.6 is 0 Å². The SMILES string of the molecule is CC(C)(C)OC(=O)N1CCC(C#N)(n2cccn2)CC1. The van der Waals surface area contributed by atoms with Gasteiger partial charge >= 0.3 is 6.09 Å². The van der Waals surface area contributed by atoms with Gasteiger partial charge in [0.1, 0.15) is 5.60 Å². The minimum atomic E-state index is -0.651. The Morgan fingerprint density at radius 1 is 1.40 bits per heavy atom. The average molecular weight is 276 g/mol. The number of aromatic nitrogens is 2. The lowest BCUT2D eigenvalue weighted by Crippen LogP contribution is -2.48. The number of nitrogens with zero attached hydrogens (tertiary/aromatic N) is 4. The van der Waals surface area contributed by atoms with E-state index in [0.29, 0.717) is 25.9 Å². The van der Waals surface area contributed by atoms with Gasteiger partial charge in [0.2, 0.25) is 0 Å². The van der Waals surface area contributed by atoms with Crippen molar-refractivity contribution < 1.29 is 9.53 Å². The number of hydrogen-bond donors (Lipinski definition) is 0. The average Bonchev–Trinajstić information content (AvgIpc) is 2.91. The first-order valence-corrected chi connectivity index (χ1v) is 6.76. The predicted octanol–water partition coefficient (Wildman–Crippen LogP) is 2.13. The number of ether oxygens (including phenoxy) is 1. The highest BCUT2D eigenvalue weighted by atomic mass is 16.6. The van der Waals surface area contributed by atoms with Gasteiger partial charge in [0.25, 0.3) is 0 Å². The van der Waals surface area contributed by atoms with Crippen LogP contribution in [0.4, 0.5) is 4.79 Å². The van der Waals surface area contributed by atoms with E-state index in [4.69, 9.17) is 4.74 Å². The maximum atomic E-state index is 12.0. The Bertz CT molecular complexity index is 502. The summed E-state index contributed by atoms with van der Waals surface area (Å²) < 4.78 is 7.05. The van der Waals surface area contributed by atoms with Crippen LogP contribution in [0.3, 0.4) is 0 Å². The van der Waals surface area contributed by atoms with Gasteiger partial charge in [0.15, 0.2) is 5.54 Å². The van der Waals surface area contributed by atoms with Crippen LogP contribution in [0.5, 0.6) is 0 Å². The molecule has 1 aromatic rings. The fourth-order valence-electron chi connectivity index (χ4n) is 2.30. The quantitative estimate of drug-likeness (QED) is 0.787. The molecule has 0 saturated carbocycles. The number of carbonyl (C=O) groups is 1. The highest BCUT2D eigenvalue weighted by Crippen LogP contribution is 2.29. The van der Waals surface area contributed by atoms with Gasteiger partial charge in [-0.15, -0.1) is 0 Å². The largest absolute Gasteiger partial charge is 0.444 e. The Morgan fingerprint density at radius 3 is 2.50 bits per heavy atom. The summed E-state index contributed by atoms with van der Waals surface area (Å²) in [6.45, 7) is 6.54. The van der Waals surface area contributed by atoms with Gasteiger partial charge < -0.3 is 9.64 Å². The normalized spacial score (nSPS) is 18.4. The zero-order valence-electron chi connectivity index (χ0n) is 12.2. The third-order valence-electron chi connectivity index (χ3n) is 3.39.